The first-order chi connectivity index (χ1) is 22.1. The summed E-state index contributed by atoms with van der Waals surface area (Å²) >= 11 is 0. The molecule has 12 nitrogen and oxygen atoms in total. The van der Waals surface area contributed by atoms with Gasteiger partial charge in [-0.1, -0.05) is 6.08 Å². The van der Waals surface area contributed by atoms with Crippen molar-refractivity contribution in [1.82, 2.24) is 29.5 Å². The quantitative estimate of drug-likeness (QED) is 0.226. The first-order valence-corrected chi connectivity index (χ1v) is 13.7. The summed E-state index contributed by atoms with van der Waals surface area (Å²) in [6.45, 7) is 2.82. The van der Waals surface area contributed by atoms with E-state index in [1.54, 1.807) is 41.0 Å². The molecule has 5 aromatic rings. The summed E-state index contributed by atoms with van der Waals surface area (Å²) in [5.41, 5.74) is 2.57. The van der Waals surface area contributed by atoms with Crippen LogP contribution >= 0.6 is 0 Å². The van der Waals surface area contributed by atoms with Gasteiger partial charge in [-0.15, -0.1) is 0 Å². The zero-order valence-corrected chi connectivity index (χ0v) is 23.9. The number of anilines is 3. The van der Waals surface area contributed by atoms with Crippen LogP contribution in [0.1, 0.15) is 22.5 Å². The lowest BCUT2D eigenvalue weighted by Gasteiger charge is -2.17. The Morgan fingerprint density at radius 3 is 2.77 bits per heavy atom. The number of benzene rings is 2. The highest BCUT2D eigenvalue weighted by Gasteiger charge is 2.19. The fourth-order valence-electron chi connectivity index (χ4n) is 5.08. The lowest BCUT2D eigenvalue weighted by atomic mass is 10.1. The van der Waals surface area contributed by atoms with E-state index < -0.39 is 7.04 Å². The maximum absolute atomic E-state index is 12.9. The van der Waals surface area contributed by atoms with Crippen molar-refractivity contribution in [3.8, 4) is 23.0 Å². The van der Waals surface area contributed by atoms with Crippen LogP contribution < -0.4 is 24.8 Å². The SMILES string of the molecule is [2H]C([2H])([2H])Oc1cc(Oc2ccn3ncnc3c2)c(C)cc1Nc1ncnc2cc(OC)c(NC(=O)C=CC3CCCN3C)cc12. The number of ether oxygens (including phenoxy) is 3. The van der Waals surface area contributed by atoms with Crippen LogP contribution in [0.2, 0.25) is 0 Å². The number of nitrogens with one attached hydrogen (secondary N) is 2. The maximum atomic E-state index is 12.9. The average molecular weight is 584 g/mol. The predicted molar refractivity (Wildman–Crippen MR) is 164 cm³/mol. The highest BCUT2D eigenvalue weighted by Crippen LogP contribution is 2.38. The van der Waals surface area contributed by atoms with E-state index in [0.29, 0.717) is 56.6 Å². The first kappa shape index (κ1) is 24.4. The van der Waals surface area contributed by atoms with E-state index in [9.17, 15) is 4.79 Å². The van der Waals surface area contributed by atoms with Crippen molar-refractivity contribution in [3.63, 3.8) is 0 Å². The van der Waals surface area contributed by atoms with Gasteiger partial charge in [0.05, 0.1) is 35.2 Å². The van der Waals surface area contributed by atoms with Crippen LogP contribution in [0.25, 0.3) is 16.6 Å². The number of carbonyl (C=O) groups excluding carboxylic acids is 1. The highest BCUT2D eigenvalue weighted by atomic mass is 16.5. The molecule has 0 aliphatic carbocycles. The van der Waals surface area contributed by atoms with Gasteiger partial charge in [0.2, 0.25) is 5.91 Å². The van der Waals surface area contributed by atoms with Crippen molar-refractivity contribution in [1.29, 1.82) is 0 Å². The number of likely N-dealkylation sites (N-methyl/N-ethyl adjacent to an activating group) is 1. The van der Waals surface area contributed by atoms with E-state index in [4.69, 9.17) is 18.3 Å². The number of hydrogen-bond donors (Lipinski definition) is 2. The van der Waals surface area contributed by atoms with Crippen LogP contribution in [-0.2, 0) is 4.79 Å². The van der Waals surface area contributed by atoms with E-state index >= 15 is 0 Å². The molecular formula is C31H32N8O4. The Morgan fingerprint density at radius 2 is 1.95 bits per heavy atom. The lowest BCUT2D eigenvalue weighted by Crippen LogP contribution is -2.23. The smallest absolute Gasteiger partial charge is 0.248 e. The van der Waals surface area contributed by atoms with E-state index in [1.807, 2.05) is 20.0 Å². The molecule has 1 unspecified atom stereocenters. The molecule has 1 saturated heterocycles. The second-order valence-corrected chi connectivity index (χ2v) is 10.2. The minimum atomic E-state index is -2.75. The third kappa shape index (κ3) is 5.90. The molecule has 12 heteroatoms. The monoisotopic (exact) mass is 583 g/mol. The maximum Gasteiger partial charge on any atom is 0.248 e. The summed E-state index contributed by atoms with van der Waals surface area (Å²) in [6.07, 6.45) is 10.1. The minimum absolute atomic E-state index is 0.0139. The Bertz CT molecular complexity index is 1950. The van der Waals surface area contributed by atoms with Gasteiger partial charge < -0.3 is 24.8 Å². The molecule has 0 radical (unpaired) electrons. The Kier molecular flexibility index (Phi) is 6.77. The molecule has 43 heavy (non-hydrogen) atoms. The van der Waals surface area contributed by atoms with Gasteiger partial charge in [0.1, 0.15) is 41.5 Å². The zero-order chi connectivity index (χ0) is 32.4. The van der Waals surface area contributed by atoms with E-state index in [0.717, 1.165) is 19.4 Å². The molecule has 1 fully saturated rings. The number of aryl methyl sites for hydroxylation is 1. The van der Waals surface area contributed by atoms with Crippen LogP contribution in [-0.4, -0.2) is 69.2 Å². The molecule has 2 aromatic carbocycles. The Labute approximate surface area is 252 Å². The van der Waals surface area contributed by atoms with E-state index in [2.05, 4.69) is 35.6 Å². The van der Waals surface area contributed by atoms with Crippen molar-refractivity contribution in [2.45, 2.75) is 25.8 Å². The van der Waals surface area contributed by atoms with E-state index in [1.165, 1.54) is 31.9 Å². The van der Waals surface area contributed by atoms with Gasteiger partial charge in [-0.3, -0.25) is 9.69 Å². The Balaban J connectivity index is 1.32. The predicted octanol–water partition coefficient (Wildman–Crippen LogP) is 5.12. The molecule has 0 saturated carbocycles. The summed E-state index contributed by atoms with van der Waals surface area (Å²) in [5, 5.41) is 10.7. The summed E-state index contributed by atoms with van der Waals surface area (Å²) in [7, 11) is 0.801. The third-order valence-corrected chi connectivity index (χ3v) is 7.38. The molecule has 220 valence electrons. The van der Waals surface area contributed by atoms with Crippen molar-refractivity contribution in [2.75, 3.05) is 38.4 Å². The molecule has 0 spiro atoms. The van der Waals surface area contributed by atoms with E-state index in [-0.39, 0.29) is 17.7 Å². The topological polar surface area (TPSA) is 128 Å². The number of aromatic nitrogens is 5. The molecule has 1 atom stereocenters. The summed E-state index contributed by atoms with van der Waals surface area (Å²) in [6, 6.07) is 10.3. The van der Waals surface area contributed by atoms with Gasteiger partial charge in [0.15, 0.2) is 5.65 Å². The molecule has 4 heterocycles. The van der Waals surface area contributed by atoms with Crippen molar-refractivity contribution in [2.24, 2.45) is 0 Å². The number of carbonyl (C=O) groups is 1. The number of nitrogens with zero attached hydrogens (tertiary/aromatic N) is 6. The Morgan fingerprint density at radius 1 is 1.07 bits per heavy atom. The molecule has 3 aromatic heterocycles. The fourth-order valence-corrected chi connectivity index (χ4v) is 5.08. The largest absolute Gasteiger partial charge is 0.494 e. The number of pyridine rings is 1. The van der Waals surface area contributed by atoms with Gasteiger partial charge >= 0.3 is 0 Å². The molecule has 6 rings (SSSR count). The standard InChI is InChI=1S/C31H32N8O4/c1-19-12-24(28(42-4)16-26(19)43-21-9-11-39-29(13-21)33-18-35-39)37-31-22-14-25(27(41-3)15-23(22)32-17-34-31)36-30(40)8-7-20-6-5-10-38(20)2/h7-9,11-18,20H,5-6,10H2,1-4H3,(H,36,40)(H,32,34,37)/i4D3. The molecule has 1 amide bonds. The second kappa shape index (κ2) is 11.9. The minimum Gasteiger partial charge on any atom is -0.494 e. The number of hydrogen-bond acceptors (Lipinski definition) is 10. The van der Waals surface area contributed by atoms with Crippen LogP contribution in [0.15, 0.2) is 67.4 Å². The van der Waals surface area contributed by atoms with Gasteiger partial charge in [-0.2, -0.15) is 5.10 Å². The van der Waals surface area contributed by atoms with Gasteiger partial charge in [-0.25, -0.2) is 19.5 Å². The van der Waals surface area contributed by atoms with Crippen LogP contribution in [0.4, 0.5) is 17.2 Å². The molecule has 1 aliphatic heterocycles. The van der Waals surface area contributed by atoms with Gasteiger partial charge in [0, 0.05) is 41.9 Å². The average Bonchev–Trinajstić information content (AvgIpc) is 3.65. The van der Waals surface area contributed by atoms with Crippen LogP contribution in [0.5, 0.6) is 23.0 Å². The number of fused-ring (bicyclic) bond motifs is 2. The van der Waals surface area contributed by atoms with Gasteiger partial charge in [0.25, 0.3) is 0 Å². The summed E-state index contributed by atoms with van der Waals surface area (Å²) < 4.78 is 41.9. The lowest BCUT2D eigenvalue weighted by molar-refractivity contribution is -0.111. The zero-order valence-electron chi connectivity index (χ0n) is 26.9. The highest BCUT2D eigenvalue weighted by molar-refractivity contribution is 6.03. The Hall–Kier alpha value is -5.23. The van der Waals surface area contributed by atoms with Crippen molar-refractivity contribution >= 4 is 39.6 Å². The van der Waals surface area contributed by atoms with Crippen molar-refractivity contribution < 1.29 is 23.1 Å². The van der Waals surface area contributed by atoms with Crippen LogP contribution in [0, 0.1) is 6.92 Å². The first-order valence-electron chi connectivity index (χ1n) is 15.2. The van der Waals surface area contributed by atoms with Crippen molar-refractivity contribution in [3.05, 3.63) is 73.0 Å². The molecule has 1 aliphatic rings. The number of rotatable bonds is 9. The van der Waals surface area contributed by atoms with Crippen LogP contribution in [0.3, 0.4) is 0 Å². The molecule has 2 N–H and O–H groups in total. The molecule has 0 bridgehead atoms. The summed E-state index contributed by atoms with van der Waals surface area (Å²) in [4.78, 5) is 28.0. The second-order valence-electron chi connectivity index (χ2n) is 10.2. The van der Waals surface area contributed by atoms with Gasteiger partial charge in [-0.05, 0) is 57.1 Å². The fraction of sp³-hybridized carbons (Fsp3) is 0.258. The number of methoxy groups -OCH3 is 2. The molecular weight excluding hydrogens is 548 g/mol. The number of likely N-dealkylation sites (tertiary alicyclic amines) is 1. The number of amides is 1. The third-order valence-electron chi connectivity index (χ3n) is 7.38. The normalized spacial score (nSPS) is 16.6. The summed E-state index contributed by atoms with van der Waals surface area (Å²) in [5.74, 6) is 1.36.